The fraction of sp³-hybridized carbons (Fsp3) is 1.00. The van der Waals surface area contributed by atoms with Crippen molar-refractivity contribution in [3.63, 3.8) is 0 Å². The zero-order valence-corrected chi connectivity index (χ0v) is 10.3. The zero-order chi connectivity index (χ0) is 9.61. The molecule has 0 aromatic heterocycles. The third-order valence-electron chi connectivity index (χ3n) is 2.52. The van der Waals surface area contributed by atoms with Gasteiger partial charge in [-0.3, -0.25) is 0 Å². The second-order valence-corrected chi connectivity index (χ2v) is 8.40. The van der Waals surface area contributed by atoms with Gasteiger partial charge in [0.25, 0.3) is 0 Å². The van der Waals surface area contributed by atoms with E-state index in [1.807, 2.05) is 0 Å². The Balaban J connectivity index is 4.13. The van der Waals surface area contributed by atoms with Gasteiger partial charge in [0.1, 0.15) is 0 Å². The highest BCUT2D eigenvalue weighted by Crippen LogP contribution is 2.25. The van der Waals surface area contributed by atoms with Gasteiger partial charge in [-0.2, -0.15) is 0 Å². The maximum atomic E-state index is 5.98. The van der Waals surface area contributed by atoms with E-state index in [0.717, 1.165) is 12.5 Å². The van der Waals surface area contributed by atoms with E-state index in [9.17, 15) is 0 Å². The largest absolute Gasteiger partial charge is 0.417 e. The Bertz CT molecular complexity index is 108. The van der Waals surface area contributed by atoms with E-state index in [1.165, 1.54) is 18.1 Å². The van der Waals surface area contributed by atoms with E-state index in [0.29, 0.717) is 0 Å². The lowest BCUT2D eigenvalue weighted by molar-refractivity contribution is 0.315. The predicted molar refractivity (Wildman–Crippen MR) is 58.0 cm³/mol. The number of rotatable bonds is 6. The average molecular weight is 188 g/mol. The van der Waals surface area contributed by atoms with Gasteiger partial charge in [-0.1, -0.05) is 27.7 Å². The van der Waals surface area contributed by atoms with E-state index in [2.05, 4.69) is 34.6 Å². The van der Waals surface area contributed by atoms with Crippen molar-refractivity contribution in [2.75, 3.05) is 6.61 Å². The molecule has 0 heterocycles. The molecule has 0 spiro atoms. The monoisotopic (exact) mass is 188 g/mol. The van der Waals surface area contributed by atoms with Gasteiger partial charge in [0.05, 0.1) is 0 Å². The summed E-state index contributed by atoms with van der Waals surface area (Å²) in [6.07, 6.45) is 0. The smallest absolute Gasteiger partial charge is 0.192 e. The van der Waals surface area contributed by atoms with Gasteiger partial charge in [0.2, 0.25) is 0 Å². The van der Waals surface area contributed by atoms with Gasteiger partial charge < -0.3 is 4.43 Å². The third-order valence-corrected chi connectivity index (χ3v) is 7.56. The van der Waals surface area contributed by atoms with Gasteiger partial charge in [-0.25, -0.2) is 0 Å². The first kappa shape index (κ1) is 12.2. The molecule has 0 aliphatic carbocycles. The van der Waals surface area contributed by atoms with Crippen LogP contribution in [0, 0.1) is 5.92 Å². The molecule has 0 atom stereocenters. The topological polar surface area (TPSA) is 9.23 Å². The molecule has 0 amide bonds. The minimum atomic E-state index is -1.31. The van der Waals surface area contributed by atoms with Crippen molar-refractivity contribution in [3.8, 4) is 0 Å². The molecule has 0 unspecified atom stereocenters. The van der Waals surface area contributed by atoms with Crippen LogP contribution in [0.25, 0.3) is 0 Å². The quantitative estimate of drug-likeness (QED) is 0.578. The summed E-state index contributed by atoms with van der Waals surface area (Å²) in [4.78, 5) is 0. The summed E-state index contributed by atoms with van der Waals surface area (Å²) in [6, 6.07) is 3.87. The molecule has 0 fully saturated rings. The van der Waals surface area contributed by atoms with Crippen LogP contribution in [-0.4, -0.2) is 14.9 Å². The van der Waals surface area contributed by atoms with Crippen molar-refractivity contribution in [3.05, 3.63) is 0 Å². The lowest BCUT2D eigenvalue weighted by Crippen LogP contribution is -2.37. The van der Waals surface area contributed by atoms with E-state index in [-0.39, 0.29) is 0 Å². The highest BCUT2D eigenvalue weighted by molar-refractivity contribution is 6.73. The van der Waals surface area contributed by atoms with Crippen molar-refractivity contribution >= 4 is 8.32 Å². The van der Waals surface area contributed by atoms with E-state index < -0.39 is 8.32 Å². The highest BCUT2D eigenvalue weighted by Gasteiger charge is 2.30. The summed E-state index contributed by atoms with van der Waals surface area (Å²) >= 11 is 0. The van der Waals surface area contributed by atoms with Crippen LogP contribution in [0.3, 0.4) is 0 Å². The normalized spacial score (nSPS) is 12.5. The van der Waals surface area contributed by atoms with E-state index in [1.54, 1.807) is 0 Å². The van der Waals surface area contributed by atoms with Gasteiger partial charge in [-0.05, 0) is 31.0 Å². The van der Waals surface area contributed by atoms with Crippen molar-refractivity contribution in [2.24, 2.45) is 5.92 Å². The van der Waals surface area contributed by atoms with E-state index in [4.69, 9.17) is 4.43 Å². The fourth-order valence-electron chi connectivity index (χ4n) is 1.85. The summed E-state index contributed by atoms with van der Waals surface area (Å²) < 4.78 is 5.98. The summed E-state index contributed by atoms with van der Waals surface area (Å²) in [6.45, 7) is 12.2. The Morgan fingerprint density at radius 3 is 1.83 bits per heavy atom. The van der Waals surface area contributed by atoms with Crippen LogP contribution < -0.4 is 0 Å². The maximum Gasteiger partial charge on any atom is 0.192 e. The summed E-state index contributed by atoms with van der Waals surface area (Å²) in [5.41, 5.74) is 0. The van der Waals surface area contributed by atoms with Crippen LogP contribution in [-0.2, 0) is 4.43 Å². The number of hydrogen-bond acceptors (Lipinski definition) is 1. The lowest BCUT2D eigenvalue weighted by atomic mass is 10.3. The molecule has 0 aliphatic rings. The van der Waals surface area contributed by atoms with Gasteiger partial charge >= 0.3 is 0 Å². The molecule has 0 saturated heterocycles. The number of hydrogen-bond donors (Lipinski definition) is 0. The Hall–Kier alpha value is 0.177. The second-order valence-electron chi connectivity index (χ2n) is 3.92. The molecular formula is C10H24OSi. The molecule has 0 N–H and O–H groups in total. The van der Waals surface area contributed by atoms with Crippen LogP contribution in [0.2, 0.25) is 18.1 Å². The van der Waals surface area contributed by atoms with Crippen molar-refractivity contribution < 1.29 is 4.43 Å². The van der Waals surface area contributed by atoms with E-state index >= 15 is 0 Å². The molecule has 74 valence electrons. The average Bonchev–Trinajstić information content (AvgIpc) is 2.03. The lowest BCUT2D eigenvalue weighted by Gasteiger charge is -2.30. The van der Waals surface area contributed by atoms with Crippen LogP contribution in [0.15, 0.2) is 0 Å². The molecule has 0 bridgehead atoms. The van der Waals surface area contributed by atoms with Gasteiger partial charge in [0, 0.05) is 6.61 Å². The standard InChI is InChI=1S/C10H24OSi/c1-6-11-12(7-2,8-3)9-10(4)5/h10H,6-9H2,1-5H3. The fourth-order valence-corrected chi connectivity index (χ4v) is 5.56. The van der Waals surface area contributed by atoms with Crippen molar-refractivity contribution in [1.82, 2.24) is 0 Å². The zero-order valence-electron chi connectivity index (χ0n) is 9.31. The summed E-state index contributed by atoms with van der Waals surface area (Å²) in [7, 11) is -1.31. The summed E-state index contributed by atoms with van der Waals surface area (Å²) in [5.74, 6) is 0.795. The van der Waals surface area contributed by atoms with Crippen LogP contribution >= 0.6 is 0 Å². The highest BCUT2D eigenvalue weighted by atomic mass is 28.4. The maximum absolute atomic E-state index is 5.98. The molecule has 12 heavy (non-hydrogen) atoms. The first-order valence-corrected chi connectivity index (χ1v) is 7.77. The first-order valence-electron chi connectivity index (χ1n) is 5.24. The minimum absolute atomic E-state index is 0.795. The van der Waals surface area contributed by atoms with Crippen LogP contribution in [0.1, 0.15) is 34.6 Å². The molecule has 0 aromatic carbocycles. The first-order chi connectivity index (χ1) is 5.60. The van der Waals surface area contributed by atoms with Crippen LogP contribution in [0.5, 0.6) is 0 Å². The SMILES string of the molecule is CCO[Si](CC)(CC)CC(C)C. The molecule has 0 radical (unpaired) electrons. The molecular weight excluding hydrogens is 164 g/mol. The van der Waals surface area contributed by atoms with Crippen LogP contribution in [0.4, 0.5) is 0 Å². The molecule has 2 heteroatoms. The Morgan fingerprint density at radius 2 is 1.58 bits per heavy atom. The van der Waals surface area contributed by atoms with Crippen molar-refractivity contribution in [2.45, 2.75) is 52.8 Å². The minimum Gasteiger partial charge on any atom is -0.417 e. The molecule has 1 nitrogen and oxygen atoms in total. The third kappa shape index (κ3) is 3.72. The Labute approximate surface area is 78.6 Å². The summed E-state index contributed by atoms with van der Waals surface area (Å²) in [5, 5.41) is 0. The predicted octanol–water partition coefficient (Wildman–Crippen LogP) is 3.66. The Kier molecular flexibility index (Phi) is 5.84. The molecule has 0 aliphatic heterocycles. The van der Waals surface area contributed by atoms with Gasteiger partial charge in [-0.15, -0.1) is 0 Å². The molecule has 0 rings (SSSR count). The van der Waals surface area contributed by atoms with Crippen molar-refractivity contribution in [1.29, 1.82) is 0 Å². The molecule has 0 saturated carbocycles. The van der Waals surface area contributed by atoms with Gasteiger partial charge in [0.15, 0.2) is 8.32 Å². The molecule has 0 aromatic rings. The second kappa shape index (κ2) is 5.76. The Morgan fingerprint density at radius 1 is 1.08 bits per heavy atom.